The van der Waals surface area contributed by atoms with Crippen LogP contribution in [0.1, 0.15) is 12.0 Å². The van der Waals surface area contributed by atoms with E-state index in [0.717, 1.165) is 6.07 Å². The van der Waals surface area contributed by atoms with Crippen LogP contribution < -0.4 is 19.5 Å². The number of hydrogen-bond donors (Lipinski definition) is 2. The van der Waals surface area contributed by atoms with Crippen molar-refractivity contribution >= 4 is 33.4 Å². The first kappa shape index (κ1) is 21.5. The fraction of sp³-hybridized carbons (Fsp3) is 0.211. The van der Waals surface area contributed by atoms with Gasteiger partial charge < -0.3 is 19.5 Å². The van der Waals surface area contributed by atoms with Crippen molar-refractivity contribution in [3.05, 3.63) is 48.0 Å². The zero-order chi connectivity index (χ0) is 22.9. The molecule has 2 aliphatic rings. The second kappa shape index (κ2) is 8.07. The molecule has 0 saturated heterocycles. The molecule has 13 heteroatoms. The molecule has 0 aliphatic carbocycles. The number of fused-ring (bicyclic) bond motifs is 2. The van der Waals surface area contributed by atoms with Gasteiger partial charge in [0.15, 0.2) is 18.1 Å². The van der Waals surface area contributed by atoms with E-state index in [9.17, 15) is 26.8 Å². The highest BCUT2D eigenvalue weighted by molar-refractivity contribution is 7.90. The predicted octanol–water partition coefficient (Wildman–Crippen LogP) is 1.62. The van der Waals surface area contributed by atoms with Gasteiger partial charge >= 0.3 is 12.3 Å². The normalized spacial score (nSPS) is 18.0. The van der Waals surface area contributed by atoms with Gasteiger partial charge in [-0.1, -0.05) is 12.1 Å². The van der Waals surface area contributed by atoms with Crippen molar-refractivity contribution in [2.24, 2.45) is 4.99 Å². The maximum atomic E-state index is 13.0. The van der Waals surface area contributed by atoms with Crippen LogP contribution in [0, 0.1) is 0 Å². The maximum Gasteiger partial charge on any atom is 0.586 e. The molecule has 0 unspecified atom stereocenters. The zero-order valence-corrected chi connectivity index (χ0v) is 16.9. The molecule has 4 rings (SSSR count). The average Bonchev–Trinajstić information content (AvgIpc) is 3.17. The number of anilines is 1. The smallest absolute Gasteiger partial charge is 0.456 e. The highest BCUT2D eigenvalue weighted by Gasteiger charge is 2.43. The number of amidine groups is 1. The van der Waals surface area contributed by atoms with E-state index in [0.29, 0.717) is 5.56 Å². The SMILES string of the molecule is O=C(COC(=O)CCN=C1NS(=O)(=O)c2ccccc21)Nc1ccc2c(c1)OC(F)(F)O2. The first-order valence-corrected chi connectivity index (χ1v) is 10.6. The van der Waals surface area contributed by atoms with E-state index in [2.05, 4.69) is 24.5 Å². The molecule has 0 fully saturated rings. The van der Waals surface area contributed by atoms with Crippen LogP contribution in [0.3, 0.4) is 0 Å². The van der Waals surface area contributed by atoms with Crippen LogP contribution in [0.4, 0.5) is 14.5 Å². The van der Waals surface area contributed by atoms with Gasteiger partial charge in [-0.05, 0) is 24.3 Å². The van der Waals surface area contributed by atoms with E-state index >= 15 is 0 Å². The van der Waals surface area contributed by atoms with Crippen LogP contribution in [0.2, 0.25) is 0 Å². The number of nitrogens with one attached hydrogen (secondary N) is 2. The summed E-state index contributed by atoms with van der Waals surface area (Å²) in [6, 6.07) is 9.95. The van der Waals surface area contributed by atoms with Gasteiger partial charge in [0.05, 0.1) is 17.9 Å². The molecule has 168 valence electrons. The maximum absolute atomic E-state index is 13.0. The summed E-state index contributed by atoms with van der Waals surface area (Å²) in [6.07, 6.45) is -3.97. The molecule has 0 atom stereocenters. The molecule has 10 nitrogen and oxygen atoms in total. The number of nitrogens with zero attached hydrogens (tertiary/aromatic N) is 1. The number of benzene rings is 2. The van der Waals surface area contributed by atoms with Crippen molar-refractivity contribution in [2.75, 3.05) is 18.5 Å². The molecule has 2 heterocycles. The number of amides is 1. The number of alkyl halides is 2. The number of carbonyl (C=O) groups excluding carboxylic acids is 2. The molecule has 2 aromatic carbocycles. The summed E-state index contributed by atoms with van der Waals surface area (Å²) in [5.41, 5.74) is 0.548. The van der Waals surface area contributed by atoms with E-state index < -0.39 is 34.8 Å². The van der Waals surface area contributed by atoms with Gasteiger partial charge in [0.25, 0.3) is 15.9 Å². The largest absolute Gasteiger partial charge is 0.586 e. The summed E-state index contributed by atoms with van der Waals surface area (Å²) in [5, 5.41) is 2.37. The van der Waals surface area contributed by atoms with E-state index in [4.69, 9.17) is 4.74 Å². The molecular formula is C19H15F2N3O7S. The Morgan fingerprint density at radius 2 is 1.88 bits per heavy atom. The molecule has 2 aliphatic heterocycles. The Morgan fingerprint density at radius 1 is 1.12 bits per heavy atom. The Bertz CT molecular complexity index is 1230. The van der Waals surface area contributed by atoms with Gasteiger partial charge in [0.1, 0.15) is 5.84 Å². The second-order valence-corrected chi connectivity index (χ2v) is 8.27. The van der Waals surface area contributed by atoms with Crippen LogP contribution >= 0.6 is 0 Å². The van der Waals surface area contributed by atoms with E-state index in [1.54, 1.807) is 18.2 Å². The molecule has 2 aromatic rings. The van der Waals surface area contributed by atoms with E-state index in [1.807, 2.05) is 0 Å². The van der Waals surface area contributed by atoms with E-state index in [-0.39, 0.29) is 40.9 Å². The second-order valence-electron chi connectivity index (χ2n) is 6.62. The Morgan fingerprint density at radius 3 is 2.69 bits per heavy atom. The first-order chi connectivity index (χ1) is 15.1. The fourth-order valence-electron chi connectivity index (χ4n) is 2.95. The van der Waals surface area contributed by atoms with Crippen molar-refractivity contribution in [2.45, 2.75) is 17.6 Å². The van der Waals surface area contributed by atoms with Crippen molar-refractivity contribution < 1.29 is 41.0 Å². The highest BCUT2D eigenvalue weighted by atomic mass is 32.2. The van der Waals surface area contributed by atoms with Gasteiger partial charge in [-0.25, -0.2) is 8.42 Å². The minimum Gasteiger partial charge on any atom is -0.456 e. The molecule has 0 spiro atoms. The topological polar surface area (TPSA) is 132 Å². The van der Waals surface area contributed by atoms with Crippen LogP contribution in [0.25, 0.3) is 0 Å². The molecule has 0 radical (unpaired) electrons. The van der Waals surface area contributed by atoms with Crippen molar-refractivity contribution in [3.8, 4) is 11.5 Å². The van der Waals surface area contributed by atoms with Gasteiger partial charge in [0.2, 0.25) is 0 Å². The summed E-state index contributed by atoms with van der Waals surface area (Å²) in [4.78, 5) is 27.9. The van der Waals surface area contributed by atoms with Crippen molar-refractivity contribution in [3.63, 3.8) is 0 Å². The summed E-state index contributed by atoms with van der Waals surface area (Å²) in [6.45, 7) is -0.682. The van der Waals surface area contributed by atoms with Crippen molar-refractivity contribution in [1.82, 2.24) is 4.72 Å². The van der Waals surface area contributed by atoms with Crippen LogP contribution in [-0.4, -0.2) is 45.6 Å². The number of hydrogen-bond acceptors (Lipinski definition) is 8. The number of ether oxygens (including phenoxy) is 3. The van der Waals surface area contributed by atoms with Crippen molar-refractivity contribution in [1.29, 1.82) is 0 Å². The highest BCUT2D eigenvalue weighted by Crippen LogP contribution is 2.42. The zero-order valence-electron chi connectivity index (χ0n) is 16.1. The first-order valence-electron chi connectivity index (χ1n) is 9.15. The standard InChI is InChI=1S/C19H15F2N3O7S/c20-19(21)30-13-6-5-11(9-14(13)31-19)23-16(25)10-29-17(26)7-8-22-18-12-3-1-2-4-15(12)32(27,28)24-18/h1-6,9H,7-8,10H2,(H,22,24)(H,23,25). The number of halogens is 2. The van der Waals surface area contributed by atoms with Gasteiger partial charge in [-0.2, -0.15) is 0 Å². The lowest BCUT2D eigenvalue weighted by Gasteiger charge is -2.07. The quantitative estimate of drug-likeness (QED) is 0.617. The van der Waals surface area contributed by atoms with Gasteiger partial charge in [0, 0.05) is 17.3 Å². The lowest BCUT2D eigenvalue weighted by Crippen LogP contribution is -2.25. The molecule has 0 bridgehead atoms. The number of carbonyl (C=O) groups is 2. The van der Waals surface area contributed by atoms with E-state index in [1.165, 1.54) is 18.2 Å². The van der Waals surface area contributed by atoms with Gasteiger partial charge in [-0.15, -0.1) is 8.78 Å². The van der Waals surface area contributed by atoms with Gasteiger partial charge in [-0.3, -0.25) is 19.3 Å². The molecule has 0 saturated carbocycles. The summed E-state index contributed by atoms with van der Waals surface area (Å²) in [7, 11) is -3.68. The Balaban J connectivity index is 1.25. The predicted molar refractivity (Wildman–Crippen MR) is 105 cm³/mol. The summed E-state index contributed by atoms with van der Waals surface area (Å²) >= 11 is 0. The Labute approximate surface area is 180 Å². The van der Waals surface area contributed by atoms with Crippen LogP contribution in [-0.2, 0) is 24.3 Å². The third-order valence-corrected chi connectivity index (χ3v) is 5.69. The third-order valence-electron chi connectivity index (χ3n) is 4.30. The molecule has 1 amide bonds. The minimum absolute atomic E-state index is 0.0665. The molecule has 2 N–H and O–H groups in total. The lowest BCUT2D eigenvalue weighted by atomic mass is 10.2. The number of aliphatic imine (C=N–C) groups is 1. The summed E-state index contributed by atoms with van der Waals surface area (Å²) < 4.78 is 65.7. The van der Waals surface area contributed by atoms with Crippen LogP contribution in [0.15, 0.2) is 52.4 Å². The number of esters is 1. The molecule has 0 aromatic heterocycles. The molecular weight excluding hydrogens is 452 g/mol. The average molecular weight is 467 g/mol. The Hall–Kier alpha value is -3.74. The van der Waals surface area contributed by atoms with Crippen LogP contribution in [0.5, 0.6) is 11.5 Å². The monoisotopic (exact) mass is 467 g/mol. The third kappa shape index (κ3) is 4.61. The number of rotatable bonds is 6. The fourth-order valence-corrected chi connectivity index (χ4v) is 4.20. The minimum atomic E-state index is -3.77. The number of sulfonamides is 1. The molecule has 32 heavy (non-hydrogen) atoms. The Kier molecular flexibility index (Phi) is 5.42. The summed E-state index contributed by atoms with van der Waals surface area (Å²) in [5.74, 6) is -1.72. The lowest BCUT2D eigenvalue weighted by molar-refractivity contribution is -0.286.